The van der Waals surface area contributed by atoms with Gasteiger partial charge in [-0.1, -0.05) is 30.4 Å². The Balaban J connectivity index is 2.30. The molecule has 0 amide bonds. The molecule has 0 aromatic heterocycles. The van der Waals surface area contributed by atoms with Crippen molar-refractivity contribution in [3.05, 3.63) is 36.5 Å². The smallest absolute Gasteiger partial charge is 0.00979 e. The zero-order valence-electron chi connectivity index (χ0n) is 7.63. The molecule has 0 bridgehead atoms. The van der Waals surface area contributed by atoms with Crippen molar-refractivity contribution in [1.82, 2.24) is 0 Å². The molecule has 12 heavy (non-hydrogen) atoms. The van der Waals surface area contributed by atoms with E-state index in [-0.39, 0.29) is 0 Å². The van der Waals surface area contributed by atoms with Gasteiger partial charge in [-0.05, 0) is 44.6 Å². The molecule has 0 unspecified atom stereocenters. The molecule has 1 aliphatic rings. The number of allylic oxidation sites excluding steroid dienone is 6. The van der Waals surface area contributed by atoms with Crippen molar-refractivity contribution in [3.63, 3.8) is 0 Å². The SMILES string of the molecule is [C]1=C/CCC/C=C/CC/C=C/C/1. The quantitative estimate of drug-likeness (QED) is 0.474. The summed E-state index contributed by atoms with van der Waals surface area (Å²) in [4.78, 5) is 0. The lowest BCUT2D eigenvalue weighted by Gasteiger charge is -1.92. The third kappa shape index (κ3) is 4.95. The van der Waals surface area contributed by atoms with Gasteiger partial charge in [-0.2, -0.15) is 0 Å². The molecule has 1 radical (unpaired) electrons. The fraction of sp³-hybridized carbons (Fsp3) is 0.500. The first kappa shape index (κ1) is 9.31. The van der Waals surface area contributed by atoms with Crippen LogP contribution in [0.5, 0.6) is 0 Å². The average Bonchev–Trinajstić information content (AvgIpc) is 2.05. The molecule has 0 spiro atoms. The molecule has 0 aliphatic heterocycles. The van der Waals surface area contributed by atoms with Crippen LogP contribution in [0.1, 0.15) is 38.5 Å². The third-order valence-electron chi connectivity index (χ3n) is 1.93. The van der Waals surface area contributed by atoms with E-state index in [2.05, 4.69) is 36.5 Å². The maximum absolute atomic E-state index is 3.27. The lowest BCUT2D eigenvalue weighted by Crippen LogP contribution is -1.73. The highest BCUT2D eigenvalue weighted by Crippen LogP contribution is 2.02. The van der Waals surface area contributed by atoms with Crippen molar-refractivity contribution in [2.75, 3.05) is 0 Å². The monoisotopic (exact) mass is 161 g/mol. The molecular weight excluding hydrogens is 144 g/mol. The van der Waals surface area contributed by atoms with E-state index in [1.807, 2.05) is 0 Å². The van der Waals surface area contributed by atoms with E-state index in [0.29, 0.717) is 0 Å². The van der Waals surface area contributed by atoms with E-state index in [1.165, 1.54) is 32.1 Å². The minimum Gasteiger partial charge on any atom is -0.0885 e. The lowest BCUT2D eigenvalue weighted by atomic mass is 10.1. The second kappa shape index (κ2) is 6.90. The van der Waals surface area contributed by atoms with Gasteiger partial charge in [-0.3, -0.25) is 0 Å². The second-order valence-electron chi connectivity index (χ2n) is 3.06. The van der Waals surface area contributed by atoms with E-state index in [9.17, 15) is 0 Å². The van der Waals surface area contributed by atoms with Gasteiger partial charge >= 0.3 is 0 Å². The molecule has 0 saturated carbocycles. The van der Waals surface area contributed by atoms with Crippen LogP contribution in [0, 0.1) is 6.08 Å². The Kier molecular flexibility index (Phi) is 5.35. The molecule has 0 fully saturated rings. The molecule has 0 aromatic carbocycles. The summed E-state index contributed by atoms with van der Waals surface area (Å²) in [7, 11) is 0. The van der Waals surface area contributed by atoms with Crippen LogP contribution < -0.4 is 0 Å². The first-order valence-corrected chi connectivity index (χ1v) is 4.85. The summed E-state index contributed by atoms with van der Waals surface area (Å²) in [6, 6.07) is 0. The Bertz CT molecular complexity index is 172. The van der Waals surface area contributed by atoms with Crippen molar-refractivity contribution in [3.8, 4) is 0 Å². The molecule has 1 rings (SSSR count). The summed E-state index contributed by atoms with van der Waals surface area (Å²) in [5.74, 6) is 0. The van der Waals surface area contributed by atoms with Gasteiger partial charge in [0, 0.05) is 0 Å². The molecule has 0 nitrogen and oxygen atoms in total. The van der Waals surface area contributed by atoms with Crippen LogP contribution in [0.15, 0.2) is 30.4 Å². The number of rotatable bonds is 0. The highest BCUT2D eigenvalue weighted by atomic mass is 13.9. The Labute approximate surface area is 75.7 Å². The molecule has 1 aliphatic carbocycles. The minimum absolute atomic E-state index is 0.990. The van der Waals surface area contributed by atoms with Crippen LogP contribution in [0.25, 0.3) is 0 Å². The Morgan fingerprint density at radius 1 is 0.750 bits per heavy atom. The normalized spacial score (nSPS) is 28.0. The van der Waals surface area contributed by atoms with Crippen molar-refractivity contribution < 1.29 is 0 Å². The lowest BCUT2D eigenvalue weighted by molar-refractivity contribution is 0.856. The van der Waals surface area contributed by atoms with Crippen molar-refractivity contribution in [2.24, 2.45) is 0 Å². The number of hydrogen-bond donors (Lipinski definition) is 0. The molecule has 0 heterocycles. The maximum atomic E-state index is 3.27. The molecule has 0 heteroatoms. The van der Waals surface area contributed by atoms with Crippen LogP contribution in [-0.4, -0.2) is 0 Å². The Hall–Kier alpha value is -0.780. The molecular formula is C12H17. The zero-order valence-corrected chi connectivity index (χ0v) is 7.63. The van der Waals surface area contributed by atoms with Gasteiger partial charge in [-0.25, -0.2) is 0 Å². The highest BCUT2D eigenvalue weighted by molar-refractivity contribution is 4.92. The second-order valence-corrected chi connectivity index (χ2v) is 3.06. The van der Waals surface area contributed by atoms with Gasteiger partial charge in [0.05, 0.1) is 0 Å². The number of hydrogen-bond acceptors (Lipinski definition) is 0. The van der Waals surface area contributed by atoms with Gasteiger partial charge in [0.2, 0.25) is 0 Å². The largest absolute Gasteiger partial charge is 0.0885 e. The fourth-order valence-electron chi connectivity index (χ4n) is 1.22. The van der Waals surface area contributed by atoms with Crippen LogP contribution >= 0.6 is 0 Å². The van der Waals surface area contributed by atoms with E-state index < -0.39 is 0 Å². The molecule has 0 saturated heterocycles. The van der Waals surface area contributed by atoms with Crippen LogP contribution in [0.4, 0.5) is 0 Å². The maximum Gasteiger partial charge on any atom is -0.00979 e. The highest BCUT2D eigenvalue weighted by Gasteiger charge is 1.83. The summed E-state index contributed by atoms with van der Waals surface area (Å²) in [5.41, 5.74) is 0. The van der Waals surface area contributed by atoms with E-state index in [4.69, 9.17) is 0 Å². The summed E-state index contributed by atoms with van der Waals surface area (Å²) >= 11 is 0. The summed E-state index contributed by atoms with van der Waals surface area (Å²) in [6.07, 6.45) is 21.5. The standard InChI is InChI=1S/C12H17/c1-2-4-6-8-10-12-11-9-7-5-3-1/h1-2,7,9-10H,3-6,8,11H2/b2-1+,9-7+,12-10?. The molecule has 65 valence electrons. The topological polar surface area (TPSA) is 0 Å². The molecule has 0 atom stereocenters. The van der Waals surface area contributed by atoms with Gasteiger partial charge in [-0.15, -0.1) is 0 Å². The van der Waals surface area contributed by atoms with Crippen molar-refractivity contribution >= 4 is 0 Å². The predicted molar refractivity (Wildman–Crippen MR) is 53.8 cm³/mol. The minimum atomic E-state index is 0.990. The average molecular weight is 161 g/mol. The summed E-state index contributed by atoms with van der Waals surface area (Å²) in [5, 5.41) is 0. The van der Waals surface area contributed by atoms with Crippen LogP contribution in [0.2, 0.25) is 0 Å². The van der Waals surface area contributed by atoms with E-state index >= 15 is 0 Å². The predicted octanol–water partition coefficient (Wildman–Crippen LogP) is 3.81. The van der Waals surface area contributed by atoms with Gasteiger partial charge in [0.1, 0.15) is 0 Å². The zero-order chi connectivity index (χ0) is 8.49. The molecule has 0 N–H and O–H groups in total. The first-order chi connectivity index (χ1) is 6.00. The summed E-state index contributed by atoms with van der Waals surface area (Å²) < 4.78 is 0. The molecule has 0 aromatic rings. The van der Waals surface area contributed by atoms with Gasteiger partial charge in [0.25, 0.3) is 0 Å². The van der Waals surface area contributed by atoms with Crippen LogP contribution in [0.3, 0.4) is 0 Å². The first-order valence-electron chi connectivity index (χ1n) is 4.85. The van der Waals surface area contributed by atoms with Crippen molar-refractivity contribution in [2.45, 2.75) is 38.5 Å². The van der Waals surface area contributed by atoms with Crippen molar-refractivity contribution in [1.29, 1.82) is 0 Å². The van der Waals surface area contributed by atoms with E-state index in [0.717, 1.165) is 6.42 Å². The van der Waals surface area contributed by atoms with Crippen LogP contribution in [-0.2, 0) is 0 Å². The third-order valence-corrected chi connectivity index (χ3v) is 1.93. The Morgan fingerprint density at radius 2 is 1.50 bits per heavy atom. The Morgan fingerprint density at radius 3 is 2.42 bits per heavy atom. The van der Waals surface area contributed by atoms with Gasteiger partial charge in [0.15, 0.2) is 0 Å². The summed E-state index contributed by atoms with van der Waals surface area (Å²) in [6.45, 7) is 0. The van der Waals surface area contributed by atoms with Gasteiger partial charge < -0.3 is 0 Å². The van der Waals surface area contributed by atoms with E-state index in [1.54, 1.807) is 0 Å². The fourth-order valence-corrected chi connectivity index (χ4v) is 1.22.